The van der Waals surface area contributed by atoms with Crippen molar-refractivity contribution < 1.29 is 14.3 Å². The van der Waals surface area contributed by atoms with Gasteiger partial charge in [-0.15, -0.1) is 0 Å². The Hall–Kier alpha value is -3.08. The van der Waals surface area contributed by atoms with Gasteiger partial charge in [0.2, 0.25) is 0 Å². The van der Waals surface area contributed by atoms with Crippen LogP contribution in [0.15, 0.2) is 60.3 Å². The monoisotopic (exact) mass is 392 g/mol. The van der Waals surface area contributed by atoms with Gasteiger partial charge in [-0.3, -0.25) is 14.5 Å². The number of hydrogen-bond acceptors (Lipinski definition) is 4. The van der Waals surface area contributed by atoms with Crippen LogP contribution >= 0.6 is 0 Å². The molecule has 1 heterocycles. The van der Waals surface area contributed by atoms with Gasteiger partial charge in [0.1, 0.15) is 11.4 Å². The average Bonchev–Trinajstić information content (AvgIpc) is 2.99. The number of carbonyl (C=O) groups excluding carboxylic acids is 2. The Balaban J connectivity index is 2.02. The highest BCUT2D eigenvalue weighted by molar-refractivity contribution is 6.36. The fraction of sp³-hybridized carbons (Fsp3) is 0.333. The summed E-state index contributed by atoms with van der Waals surface area (Å²) in [6.45, 7) is 5.05. The minimum absolute atomic E-state index is 0.229. The zero-order valence-electron chi connectivity index (χ0n) is 17.4. The van der Waals surface area contributed by atoms with Crippen LogP contribution in [0, 0.1) is 0 Å². The maximum absolute atomic E-state index is 13.3. The summed E-state index contributed by atoms with van der Waals surface area (Å²) in [7, 11) is 1.83. The molecule has 0 atom stereocenters. The maximum Gasteiger partial charge on any atom is 0.278 e. The molecule has 1 aliphatic rings. The van der Waals surface area contributed by atoms with Gasteiger partial charge >= 0.3 is 0 Å². The van der Waals surface area contributed by atoms with Crippen molar-refractivity contribution in [2.75, 3.05) is 25.1 Å². The van der Waals surface area contributed by atoms with Crippen LogP contribution in [0.1, 0.15) is 38.7 Å². The first-order valence-corrected chi connectivity index (χ1v) is 10.2. The standard InChI is InChI=1S/C24H28N2O3/c1-4-6-10-17-26-23(27)21(18-13-15-20(16-14-18)29-5-2)22(24(26)28)25(3)19-11-8-7-9-12-19/h7-9,11-16H,4-6,10,17H2,1-3H3. The fourth-order valence-electron chi connectivity index (χ4n) is 3.52. The second-order valence-corrected chi connectivity index (χ2v) is 7.04. The Morgan fingerprint density at radius 3 is 2.21 bits per heavy atom. The lowest BCUT2D eigenvalue weighted by Crippen LogP contribution is -2.35. The van der Waals surface area contributed by atoms with Gasteiger partial charge in [0.05, 0.1) is 12.2 Å². The normalized spacial score (nSPS) is 14.0. The molecule has 1 aliphatic heterocycles. The summed E-state index contributed by atoms with van der Waals surface area (Å²) in [5.41, 5.74) is 2.45. The number of unbranched alkanes of at least 4 members (excludes halogenated alkanes) is 2. The van der Waals surface area contributed by atoms with Gasteiger partial charge in [-0.25, -0.2) is 0 Å². The van der Waals surface area contributed by atoms with Gasteiger partial charge in [-0.05, 0) is 43.2 Å². The molecule has 0 bridgehead atoms. The number of benzene rings is 2. The first kappa shape index (κ1) is 20.6. The molecule has 152 valence electrons. The van der Waals surface area contributed by atoms with Gasteiger partial charge in [0, 0.05) is 19.3 Å². The van der Waals surface area contributed by atoms with E-state index in [1.54, 1.807) is 0 Å². The van der Waals surface area contributed by atoms with E-state index >= 15 is 0 Å². The summed E-state index contributed by atoms with van der Waals surface area (Å²) >= 11 is 0. The number of likely N-dealkylation sites (N-methyl/N-ethyl adjacent to an activating group) is 1. The van der Waals surface area contributed by atoms with Crippen molar-refractivity contribution >= 4 is 23.1 Å². The number of amides is 2. The number of imide groups is 1. The zero-order chi connectivity index (χ0) is 20.8. The molecule has 2 aromatic carbocycles. The first-order valence-electron chi connectivity index (χ1n) is 10.2. The fourth-order valence-corrected chi connectivity index (χ4v) is 3.52. The zero-order valence-corrected chi connectivity index (χ0v) is 17.4. The van der Waals surface area contributed by atoms with Gasteiger partial charge in [0.15, 0.2) is 0 Å². The van der Waals surface area contributed by atoms with Crippen molar-refractivity contribution in [2.45, 2.75) is 33.1 Å². The van der Waals surface area contributed by atoms with Gasteiger partial charge in [-0.2, -0.15) is 0 Å². The average molecular weight is 392 g/mol. The van der Waals surface area contributed by atoms with Gasteiger partial charge < -0.3 is 9.64 Å². The van der Waals surface area contributed by atoms with E-state index < -0.39 is 0 Å². The summed E-state index contributed by atoms with van der Waals surface area (Å²) in [4.78, 5) is 29.7. The topological polar surface area (TPSA) is 49.9 Å². The number of anilines is 1. The van der Waals surface area contributed by atoms with E-state index in [4.69, 9.17) is 4.74 Å². The molecular weight excluding hydrogens is 364 g/mol. The lowest BCUT2D eigenvalue weighted by molar-refractivity contribution is -0.136. The Morgan fingerprint density at radius 1 is 0.897 bits per heavy atom. The molecule has 2 amide bonds. The third kappa shape index (κ3) is 4.34. The molecule has 2 aromatic rings. The molecular formula is C24H28N2O3. The second kappa shape index (κ2) is 9.41. The summed E-state index contributed by atoms with van der Waals surface area (Å²) in [5.74, 6) is 0.278. The number of ether oxygens (including phenoxy) is 1. The minimum atomic E-state index is -0.235. The van der Waals surface area contributed by atoms with Crippen LogP contribution in [0.2, 0.25) is 0 Å². The quantitative estimate of drug-likeness (QED) is 0.466. The highest BCUT2D eigenvalue weighted by Gasteiger charge is 2.40. The molecule has 0 spiro atoms. The Labute approximate surface area is 172 Å². The Morgan fingerprint density at radius 2 is 1.59 bits per heavy atom. The molecule has 0 N–H and O–H groups in total. The molecule has 0 unspecified atom stereocenters. The van der Waals surface area contributed by atoms with E-state index in [2.05, 4.69) is 6.92 Å². The summed E-state index contributed by atoms with van der Waals surface area (Å²) in [6, 6.07) is 17.0. The summed E-state index contributed by atoms with van der Waals surface area (Å²) < 4.78 is 5.51. The van der Waals surface area contributed by atoms with E-state index in [9.17, 15) is 9.59 Å². The molecule has 3 rings (SSSR count). The van der Waals surface area contributed by atoms with Crippen LogP contribution in [0.3, 0.4) is 0 Å². The van der Waals surface area contributed by atoms with Crippen molar-refractivity contribution in [3.05, 3.63) is 65.9 Å². The number of hydrogen-bond donors (Lipinski definition) is 0. The van der Waals surface area contributed by atoms with Crippen LogP contribution in [-0.2, 0) is 9.59 Å². The van der Waals surface area contributed by atoms with Crippen molar-refractivity contribution in [3.8, 4) is 5.75 Å². The first-order chi connectivity index (χ1) is 14.1. The molecule has 29 heavy (non-hydrogen) atoms. The maximum atomic E-state index is 13.3. The molecule has 0 saturated carbocycles. The van der Waals surface area contributed by atoms with Crippen LogP contribution in [-0.4, -0.2) is 36.9 Å². The number of carbonyl (C=O) groups is 2. The Bertz CT molecular complexity index is 888. The van der Waals surface area contributed by atoms with Crippen LogP contribution in [0.5, 0.6) is 5.75 Å². The van der Waals surface area contributed by atoms with E-state index in [1.807, 2.05) is 73.5 Å². The number of rotatable bonds is 9. The van der Waals surface area contributed by atoms with Crippen molar-refractivity contribution in [2.24, 2.45) is 0 Å². The molecule has 0 aliphatic carbocycles. The molecule has 0 aromatic heterocycles. The number of para-hydroxylation sites is 1. The smallest absolute Gasteiger partial charge is 0.278 e. The third-order valence-corrected chi connectivity index (χ3v) is 5.06. The van der Waals surface area contributed by atoms with Crippen molar-refractivity contribution in [1.29, 1.82) is 0 Å². The van der Waals surface area contributed by atoms with Gasteiger partial charge in [0.25, 0.3) is 11.8 Å². The van der Waals surface area contributed by atoms with Crippen molar-refractivity contribution in [1.82, 2.24) is 4.90 Å². The minimum Gasteiger partial charge on any atom is -0.494 e. The van der Waals surface area contributed by atoms with Crippen LogP contribution in [0.4, 0.5) is 5.69 Å². The highest BCUT2D eigenvalue weighted by atomic mass is 16.5. The van der Waals surface area contributed by atoms with Crippen LogP contribution in [0.25, 0.3) is 5.57 Å². The molecule has 0 radical (unpaired) electrons. The van der Waals surface area contributed by atoms with Crippen LogP contribution < -0.4 is 9.64 Å². The predicted molar refractivity (Wildman–Crippen MR) is 116 cm³/mol. The highest BCUT2D eigenvalue weighted by Crippen LogP contribution is 2.34. The molecule has 5 nitrogen and oxygen atoms in total. The SMILES string of the molecule is CCCCCN1C(=O)C(c2ccc(OCC)cc2)=C(N(C)c2ccccc2)C1=O. The third-order valence-electron chi connectivity index (χ3n) is 5.06. The molecule has 5 heteroatoms. The van der Waals surface area contributed by atoms with E-state index in [1.165, 1.54) is 4.90 Å². The Kier molecular flexibility index (Phi) is 6.70. The molecule has 0 saturated heterocycles. The van der Waals surface area contributed by atoms with Gasteiger partial charge in [-0.1, -0.05) is 50.1 Å². The lowest BCUT2D eigenvalue weighted by Gasteiger charge is -2.21. The summed E-state index contributed by atoms with van der Waals surface area (Å²) in [5, 5.41) is 0. The predicted octanol–water partition coefficient (Wildman–Crippen LogP) is 4.49. The molecule has 0 fully saturated rings. The lowest BCUT2D eigenvalue weighted by atomic mass is 10.0. The van der Waals surface area contributed by atoms with E-state index in [-0.39, 0.29) is 11.8 Å². The number of nitrogens with zero attached hydrogens (tertiary/aromatic N) is 2. The second-order valence-electron chi connectivity index (χ2n) is 7.04. The van der Waals surface area contributed by atoms with E-state index in [0.29, 0.717) is 24.4 Å². The van der Waals surface area contributed by atoms with E-state index in [0.717, 1.165) is 36.3 Å². The summed E-state index contributed by atoms with van der Waals surface area (Å²) in [6.07, 6.45) is 2.83. The van der Waals surface area contributed by atoms with Crippen molar-refractivity contribution in [3.63, 3.8) is 0 Å². The largest absolute Gasteiger partial charge is 0.494 e.